The lowest BCUT2D eigenvalue weighted by Crippen LogP contribution is -2.08. The Kier molecular flexibility index (Phi) is 12.6. The van der Waals surface area contributed by atoms with Crippen LogP contribution in [0.3, 0.4) is 0 Å². The van der Waals surface area contributed by atoms with Crippen molar-refractivity contribution < 1.29 is 0 Å². The molecular weight excluding hydrogens is 88.1 g/mol. The normalized spacial score (nSPS) is 8.29. The van der Waals surface area contributed by atoms with Crippen molar-refractivity contribution >= 4 is 6.34 Å². The average Bonchev–Trinajstić information content (AvgIpc) is 1.61. The lowest BCUT2D eigenvalue weighted by molar-refractivity contribution is 0.984. The summed E-state index contributed by atoms with van der Waals surface area (Å²) in [6.07, 6.45) is 1.68. The van der Waals surface area contributed by atoms with Crippen LogP contribution >= 0.6 is 0 Å². The molecule has 2 heteroatoms. The SMILES string of the molecule is C.CCNC=NC. The Morgan fingerprint density at radius 3 is 2.43 bits per heavy atom. The maximum atomic E-state index is 3.69. The molecular formula is C5H14N2. The van der Waals surface area contributed by atoms with Crippen LogP contribution in [0.2, 0.25) is 0 Å². The second-order valence-corrected chi connectivity index (χ2v) is 0.945. The number of hydrogen-bond donors (Lipinski definition) is 1. The van der Waals surface area contributed by atoms with Crippen molar-refractivity contribution in [2.75, 3.05) is 13.6 Å². The van der Waals surface area contributed by atoms with Gasteiger partial charge in [-0.15, -0.1) is 0 Å². The summed E-state index contributed by atoms with van der Waals surface area (Å²) in [5, 5.41) is 2.91. The molecule has 0 aliphatic rings. The van der Waals surface area contributed by atoms with Crippen LogP contribution in [-0.2, 0) is 0 Å². The lowest BCUT2D eigenvalue weighted by Gasteiger charge is -1.84. The summed E-state index contributed by atoms with van der Waals surface area (Å²) >= 11 is 0. The molecule has 0 aromatic carbocycles. The van der Waals surface area contributed by atoms with Crippen molar-refractivity contribution in [1.29, 1.82) is 0 Å². The van der Waals surface area contributed by atoms with Crippen LogP contribution in [0.15, 0.2) is 4.99 Å². The fourth-order valence-electron chi connectivity index (χ4n) is 0.183. The molecule has 0 aromatic heterocycles. The van der Waals surface area contributed by atoms with Gasteiger partial charge >= 0.3 is 0 Å². The first kappa shape index (κ1) is 9.69. The van der Waals surface area contributed by atoms with E-state index < -0.39 is 0 Å². The van der Waals surface area contributed by atoms with Gasteiger partial charge in [0.2, 0.25) is 0 Å². The molecule has 0 aliphatic heterocycles. The molecule has 0 atom stereocenters. The van der Waals surface area contributed by atoms with Crippen molar-refractivity contribution in [3.8, 4) is 0 Å². The largest absolute Gasteiger partial charge is 0.377 e. The average molecular weight is 102 g/mol. The zero-order valence-electron chi connectivity index (χ0n) is 4.23. The Balaban J connectivity index is 0. The van der Waals surface area contributed by atoms with Gasteiger partial charge in [-0.3, -0.25) is 4.99 Å². The molecule has 0 radical (unpaired) electrons. The molecule has 0 spiro atoms. The van der Waals surface area contributed by atoms with Crippen LogP contribution in [-0.4, -0.2) is 19.9 Å². The van der Waals surface area contributed by atoms with E-state index in [1.54, 1.807) is 13.4 Å². The van der Waals surface area contributed by atoms with Crippen molar-refractivity contribution in [3.05, 3.63) is 0 Å². The summed E-state index contributed by atoms with van der Waals surface area (Å²) in [4.78, 5) is 3.69. The van der Waals surface area contributed by atoms with Crippen molar-refractivity contribution in [2.24, 2.45) is 4.99 Å². The molecule has 0 bridgehead atoms. The number of aliphatic imine (C=N–C) groups is 1. The zero-order chi connectivity index (χ0) is 4.83. The van der Waals surface area contributed by atoms with E-state index in [-0.39, 0.29) is 7.43 Å². The van der Waals surface area contributed by atoms with Gasteiger partial charge in [0, 0.05) is 13.6 Å². The van der Waals surface area contributed by atoms with E-state index in [0.717, 1.165) is 6.54 Å². The van der Waals surface area contributed by atoms with Gasteiger partial charge < -0.3 is 5.32 Å². The molecule has 44 valence electrons. The first-order valence-electron chi connectivity index (χ1n) is 2.05. The standard InChI is InChI=1S/C4H10N2.CH4/c1-3-6-4-5-2;/h4H,3H2,1-2H3,(H,5,6);1H4. The predicted octanol–water partition coefficient (Wildman–Crippen LogP) is 0.890. The van der Waals surface area contributed by atoms with Gasteiger partial charge in [-0.2, -0.15) is 0 Å². The van der Waals surface area contributed by atoms with Gasteiger partial charge in [-0.05, 0) is 6.92 Å². The molecule has 0 aromatic rings. The molecule has 0 heterocycles. The van der Waals surface area contributed by atoms with E-state index in [1.807, 2.05) is 6.92 Å². The highest BCUT2D eigenvalue weighted by Gasteiger charge is 1.59. The van der Waals surface area contributed by atoms with Crippen LogP contribution in [0.1, 0.15) is 14.4 Å². The maximum absolute atomic E-state index is 3.69. The molecule has 0 rings (SSSR count). The van der Waals surface area contributed by atoms with E-state index in [1.165, 1.54) is 0 Å². The first-order valence-corrected chi connectivity index (χ1v) is 2.05. The maximum Gasteiger partial charge on any atom is 0.0820 e. The number of nitrogens with zero attached hydrogens (tertiary/aromatic N) is 1. The van der Waals surface area contributed by atoms with Gasteiger partial charge in [0.1, 0.15) is 0 Å². The number of rotatable bonds is 2. The number of hydrogen-bond acceptors (Lipinski definition) is 1. The summed E-state index contributed by atoms with van der Waals surface area (Å²) in [6.45, 7) is 2.99. The van der Waals surface area contributed by atoms with Crippen LogP contribution in [0.25, 0.3) is 0 Å². The summed E-state index contributed by atoms with van der Waals surface area (Å²) in [5.41, 5.74) is 0. The van der Waals surface area contributed by atoms with E-state index in [4.69, 9.17) is 0 Å². The molecule has 1 N–H and O–H groups in total. The third kappa shape index (κ3) is 10.8. The molecule has 2 nitrogen and oxygen atoms in total. The van der Waals surface area contributed by atoms with E-state index in [2.05, 4.69) is 10.3 Å². The minimum Gasteiger partial charge on any atom is -0.377 e. The van der Waals surface area contributed by atoms with Crippen molar-refractivity contribution in [1.82, 2.24) is 5.32 Å². The molecule has 0 amide bonds. The third-order valence-electron chi connectivity index (χ3n) is 0.425. The first-order chi connectivity index (χ1) is 2.91. The van der Waals surface area contributed by atoms with Gasteiger partial charge in [-0.1, -0.05) is 7.43 Å². The topological polar surface area (TPSA) is 24.4 Å². The Hall–Kier alpha value is -0.530. The van der Waals surface area contributed by atoms with Crippen LogP contribution in [0.5, 0.6) is 0 Å². The number of nitrogens with one attached hydrogen (secondary N) is 1. The van der Waals surface area contributed by atoms with Gasteiger partial charge in [0.25, 0.3) is 0 Å². The Morgan fingerprint density at radius 1 is 1.71 bits per heavy atom. The van der Waals surface area contributed by atoms with Crippen LogP contribution in [0, 0.1) is 0 Å². The summed E-state index contributed by atoms with van der Waals surface area (Å²) < 4.78 is 0. The van der Waals surface area contributed by atoms with Gasteiger partial charge in [0.05, 0.1) is 6.34 Å². The van der Waals surface area contributed by atoms with E-state index in [9.17, 15) is 0 Å². The Morgan fingerprint density at radius 2 is 2.29 bits per heavy atom. The molecule has 0 saturated carbocycles. The minimum atomic E-state index is 0. The van der Waals surface area contributed by atoms with Crippen molar-refractivity contribution in [2.45, 2.75) is 14.4 Å². The van der Waals surface area contributed by atoms with Crippen LogP contribution in [0.4, 0.5) is 0 Å². The molecule has 7 heavy (non-hydrogen) atoms. The third-order valence-corrected chi connectivity index (χ3v) is 0.425. The fourth-order valence-corrected chi connectivity index (χ4v) is 0.183. The molecule has 0 saturated heterocycles. The summed E-state index contributed by atoms with van der Waals surface area (Å²) in [6, 6.07) is 0. The van der Waals surface area contributed by atoms with E-state index >= 15 is 0 Å². The lowest BCUT2D eigenvalue weighted by atomic mass is 10.8. The van der Waals surface area contributed by atoms with Crippen LogP contribution < -0.4 is 5.32 Å². The summed E-state index contributed by atoms with van der Waals surface area (Å²) in [7, 11) is 1.74. The highest BCUT2D eigenvalue weighted by molar-refractivity contribution is 5.53. The monoisotopic (exact) mass is 102 g/mol. The fraction of sp³-hybridized carbons (Fsp3) is 0.800. The van der Waals surface area contributed by atoms with Gasteiger partial charge in [-0.25, -0.2) is 0 Å². The molecule has 0 unspecified atom stereocenters. The highest BCUT2D eigenvalue weighted by Crippen LogP contribution is 1.45. The van der Waals surface area contributed by atoms with Gasteiger partial charge in [0.15, 0.2) is 0 Å². The molecule has 0 aliphatic carbocycles. The highest BCUT2D eigenvalue weighted by atomic mass is 14.9. The zero-order valence-corrected chi connectivity index (χ0v) is 4.23. The van der Waals surface area contributed by atoms with Crippen molar-refractivity contribution in [3.63, 3.8) is 0 Å². The Labute approximate surface area is 45.7 Å². The Bertz CT molecular complexity index is 41.3. The molecule has 0 fully saturated rings. The second-order valence-electron chi connectivity index (χ2n) is 0.945. The predicted molar refractivity (Wildman–Crippen MR) is 34.8 cm³/mol. The minimum absolute atomic E-state index is 0. The summed E-state index contributed by atoms with van der Waals surface area (Å²) in [5.74, 6) is 0. The second kappa shape index (κ2) is 9.08. The van der Waals surface area contributed by atoms with E-state index in [0.29, 0.717) is 0 Å². The smallest absolute Gasteiger partial charge is 0.0820 e. The quantitative estimate of drug-likeness (QED) is 0.406.